The van der Waals surface area contributed by atoms with E-state index in [4.69, 9.17) is 4.74 Å². The first-order valence-electron chi connectivity index (χ1n) is 8.57. The van der Waals surface area contributed by atoms with Crippen LogP contribution < -0.4 is 15.4 Å². The fourth-order valence-corrected chi connectivity index (χ4v) is 2.86. The average molecular weight is 452 g/mol. The molecule has 31 heavy (non-hydrogen) atoms. The molecule has 162 valence electrons. The van der Waals surface area contributed by atoms with Crippen molar-refractivity contribution in [3.63, 3.8) is 0 Å². The molecule has 0 fully saturated rings. The first kappa shape index (κ1) is 22.0. The molecule has 0 spiro atoms. The molecule has 0 radical (unpaired) electrons. The predicted octanol–water partition coefficient (Wildman–Crippen LogP) is 4.34. The van der Waals surface area contributed by atoms with Crippen LogP contribution in [0, 0.1) is 0 Å². The number of hydrogen-bond acceptors (Lipinski definition) is 6. The van der Waals surface area contributed by atoms with Gasteiger partial charge in [0, 0.05) is 29.9 Å². The minimum absolute atomic E-state index is 0.0124. The van der Waals surface area contributed by atoms with E-state index >= 15 is 0 Å². The number of alkyl halides is 3. The number of nitrogens with zero attached hydrogens (tertiary/aromatic N) is 2. The zero-order valence-electron chi connectivity index (χ0n) is 15.8. The molecule has 2 N–H and O–H groups in total. The lowest BCUT2D eigenvalue weighted by Gasteiger charge is -2.11. The highest BCUT2D eigenvalue weighted by Crippen LogP contribution is 2.30. The standard InChI is InChI=1S/C19H15F3N4O4S/c1-31(28,29)18-23-10-9-16(26-18)30-15-7-5-13(6-8-15)24-17(27)25-14-4-2-3-12(11-14)19(20,21)22/h2-11H,1H3,(H2,24,25,27). The topological polar surface area (TPSA) is 110 Å². The van der Waals surface area contributed by atoms with Gasteiger partial charge >= 0.3 is 12.2 Å². The largest absolute Gasteiger partial charge is 0.439 e. The van der Waals surface area contributed by atoms with Crippen LogP contribution in [0.1, 0.15) is 5.56 Å². The van der Waals surface area contributed by atoms with E-state index in [1.807, 2.05) is 0 Å². The summed E-state index contributed by atoms with van der Waals surface area (Å²) in [5.41, 5.74) is -0.551. The summed E-state index contributed by atoms with van der Waals surface area (Å²) >= 11 is 0. The molecule has 0 unspecified atom stereocenters. The molecule has 3 rings (SSSR count). The summed E-state index contributed by atoms with van der Waals surface area (Å²) in [7, 11) is -3.59. The second-order valence-electron chi connectivity index (χ2n) is 6.23. The van der Waals surface area contributed by atoms with Crippen molar-refractivity contribution < 1.29 is 31.1 Å². The van der Waals surface area contributed by atoms with Crippen LogP contribution in [0.2, 0.25) is 0 Å². The van der Waals surface area contributed by atoms with Crippen LogP contribution in [0.3, 0.4) is 0 Å². The van der Waals surface area contributed by atoms with Gasteiger partial charge in [-0.25, -0.2) is 18.2 Å². The summed E-state index contributed by atoms with van der Waals surface area (Å²) in [4.78, 5) is 19.5. The minimum atomic E-state index is -4.52. The second-order valence-corrected chi connectivity index (χ2v) is 8.14. The number of hydrogen-bond donors (Lipinski definition) is 2. The number of nitrogens with one attached hydrogen (secondary N) is 2. The Morgan fingerprint density at radius 2 is 1.68 bits per heavy atom. The Labute approximate surface area is 175 Å². The van der Waals surface area contributed by atoms with E-state index in [1.165, 1.54) is 48.7 Å². The first-order valence-corrected chi connectivity index (χ1v) is 10.5. The van der Waals surface area contributed by atoms with Crippen LogP contribution in [-0.4, -0.2) is 30.7 Å². The Hall–Kier alpha value is -3.67. The number of ether oxygens (including phenoxy) is 1. The molecule has 0 aliphatic heterocycles. The van der Waals surface area contributed by atoms with Gasteiger partial charge in [0.2, 0.25) is 20.9 Å². The van der Waals surface area contributed by atoms with Crippen molar-refractivity contribution in [2.45, 2.75) is 11.3 Å². The number of carbonyl (C=O) groups is 1. The third-order valence-corrected chi connectivity index (χ3v) is 4.58. The molecular formula is C19H15F3N4O4S. The van der Waals surface area contributed by atoms with E-state index in [9.17, 15) is 26.4 Å². The number of benzene rings is 2. The summed E-state index contributed by atoms with van der Waals surface area (Å²) in [5, 5.41) is 4.42. The molecule has 2 amide bonds. The molecule has 0 saturated heterocycles. The molecule has 0 aliphatic carbocycles. The number of rotatable bonds is 5. The Kier molecular flexibility index (Phi) is 6.11. The lowest BCUT2D eigenvalue weighted by atomic mass is 10.2. The van der Waals surface area contributed by atoms with Crippen LogP contribution in [0.25, 0.3) is 0 Å². The highest BCUT2D eigenvalue weighted by molar-refractivity contribution is 7.90. The smallest absolute Gasteiger partial charge is 0.416 e. The number of urea groups is 1. The van der Waals surface area contributed by atoms with Gasteiger partial charge < -0.3 is 15.4 Å². The van der Waals surface area contributed by atoms with Crippen molar-refractivity contribution >= 4 is 27.2 Å². The maximum Gasteiger partial charge on any atom is 0.416 e. The fraction of sp³-hybridized carbons (Fsp3) is 0.105. The predicted molar refractivity (Wildman–Crippen MR) is 106 cm³/mol. The van der Waals surface area contributed by atoms with Gasteiger partial charge in [0.1, 0.15) is 5.75 Å². The lowest BCUT2D eigenvalue weighted by molar-refractivity contribution is -0.137. The molecular weight excluding hydrogens is 437 g/mol. The number of sulfone groups is 1. The minimum Gasteiger partial charge on any atom is -0.439 e. The quantitative estimate of drug-likeness (QED) is 0.558. The Bertz CT molecular complexity index is 1200. The maximum absolute atomic E-state index is 12.7. The van der Waals surface area contributed by atoms with Crippen molar-refractivity contribution in [2.24, 2.45) is 0 Å². The molecule has 0 atom stereocenters. The number of aromatic nitrogens is 2. The van der Waals surface area contributed by atoms with Crippen molar-refractivity contribution in [1.29, 1.82) is 0 Å². The van der Waals surface area contributed by atoms with E-state index in [1.54, 1.807) is 0 Å². The van der Waals surface area contributed by atoms with Crippen LogP contribution in [0.4, 0.5) is 29.3 Å². The molecule has 0 saturated carbocycles. The van der Waals surface area contributed by atoms with E-state index in [2.05, 4.69) is 20.6 Å². The van der Waals surface area contributed by atoms with Crippen molar-refractivity contribution in [3.8, 4) is 11.6 Å². The normalized spacial score (nSPS) is 11.6. The second kappa shape index (κ2) is 8.60. The average Bonchev–Trinajstić information content (AvgIpc) is 2.68. The molecule has 8 nitrogen and oxygen atoms in total. The Morgan fingerprint density at radius 1 is 1.00 bits per heavy atom. The van der Waals surface area contributed by atoms with Gasteiger partial charge in [0.15, 0.2) is 0 Å². The number of amides is 2. The summed E-state index contributed by atoms with van der Waals surface area (Å²) in [6, 6.07) is 10.8. The van der Waals surface area contributed by atoms with Gasteiger partial charge in [-0.1, -0.05) is 6.07 Å². The van der Waals surface area contributed by atoms with E-state index in [-0.39, 0.29) is 16.7 Å². The third-order valence-electron chi connectivity index (χ3n) is 3.72. The third kappa shape index (κ3) is 6.15. The molecule has 1 aromatic heterocycles. The molecule has 1 heterocycles. The SMILES string of the molecule is CS(=O)(=O)c1nccc(Oc2ccc(NC(=O)Nc3cccc(C(F)(F)F)c3)cc2)n1. The summed E-state index contributed by atoms with van der Waals surface area (Å²) < 4.78 is 66.7. The molecule has 2 aromatic carbocycles. The number of anilines is 2. The van der Waals surface area contributed by atoms with Crippen LogP contribution in [-0.2, 0) is 16.0 Å². The summed E-state index contributed by atoms with van der Waals surface area (Å²) in [6.45, 7) is 0. The number of carbonyl (C=O) groups excluding carboxylic acids is 1. The Morgan fingerprint density at radius 3 is 2.32 bits per heavy atom. The number of halogens is 3. The summed E-state index contributed by atoms with van der Waals surface area (Å²) in [6.07, 6.45) is -2.31. The van der Waals surface area contributed by atoms with Crippen LogP contribution in [0.5, 0.6) is 11.6 Å². The van der Waals surface area contributed by atoms with E-state index in [0.717, 1.165) is 18.4 Å². The molecule has 0 aliphatic rings. The summed E-state index contributed by atoms with van der Waals surface area (Å²) in [5.74, 6) is 0.320. The molecule has 12 heteroatoms. The first-order chi connectivity index (χ1) is 14.5. The molecule has 0 bridgehead atoms. The lowest BCUT2D eigenvalue weighted by Crippen LogP contribution is -2.19. The van der Waals surface area contributed by atoms with Crippen LogP contribution in [0.15, 0.2) is 66.0 Å². The van der Waals surface area contributed by atoms with E-state index < -0.39 is 27.6 Å². The fourth-order valence-electron chi connectivity index (χ4n) is 2.35. The van der Waals surface area contributed by atoms with Crippen molar-refractivity contribution in [1.82, 2.24) is 9.97 Å². The van der Waals surface area contributed by atoms with Gasteiger partial charge in [-0.15, -0.1) is 0 Å². The Balaban J connectivity index is 1.63. The highest BCUT2D eigenvalue weighted by Gasteiger charge is 2.30. The van der Waals surface area contributed by atoms with Gasteiger partial charge in [-0.05, 0) is 42.5 Å². The monoisotopic (exact) mass is 452 g/mol. The van der Waals surface area contributed by atoms with Crippen molar-refractivity contribution in [3.05, 3.63) is 66.4 Å². The van der Waals surface area contributed by atoms with E-state index in [0.29, 0.717) is 11.4 Å². The van der Waals surface area contributed by atoms with Crippen LogP contribution >= 0.6 is 0 Å². The van der Waals surface area contributed by atoms with Gasteiger partial charge in [0.25, 0.3) is 0 Å². The van der Waals surface area contributed by atoms with Crippen molar-refractivity contribution in [2.75, 3.05) is 16.9 Å². The van der Waals surface area contributed by atoms with Gasteiger partial charge in [-0.3, -0.25) is 0 Å². The highest BCUT2D eigenvalue weighted by atomic mass is 32.2. The zero-order valence-corrected chi connectivity index (χ0v) is 16.7. The maximum atomic E-state index is 12.7. The molecule has 3 aromatic rings. The zero-order chi connectivity index (χ0) is 22.6. The van der Waals surface area contributed by atoms with Gasteiger partial charge in [0.05, 0.1) is 5.56 Å². The van der Waals surface area contributed by atoms with Gasteiger partial charge in [-0.2, -0.15) is 18.2 Å².